The summed E-state index contributed by atoms with van der Waals surface area (Å²) in [7, 11) is 0. The predicted molar refractivity (Wildman–Crippen MR) is 95.1 cm³/mol. The van der Waals surface area contributed by atoms with Gasteiger partial charge in [0.05, 0.1) is 0 Å². The maximum absolute atomic E-state index is 12.8. The van der Waals surface area contributed by atoms with Crippen molar-refractivity contribution in [2.75, 3.05) is 19.6 Å². The van der Waals surface area contributed by atoms with Crippen LogP contribution < -0.4 is 16.2 Å². The summed E-state index contributed by atoms with van der Waals surface area (Å²) in [6.45, 7) is 4.90. The SMILES string of the molecule is Cc1nnc(CCNC(=O)c2ccc3n(c2=O)C[C@@H]2CNC[C@H]3C2)s1. The van der Waals surface area contributed by atoms with Crippen LogP contribution in [0.1, 0.15) is 38.4 Å². The summed E-state index contributed by atoms with van der Waals surface area (Å²) in [6.07, 6.45) is 1.75. The van der Waals surface area contributed by atoms with Gasteiger partial charge in [-0.3, -0.25) is 9.59 Å². The molecule has 7 nitrogen and oxygen atoms in total. The number of rotatable bonds is 4. The number of carbonyl (C=O) groups is 1. The smallest absolute Gasteiger partial charge is 0.263 e. The number of piperidine rings is 1. The Kier molecular flexibility index (Phi) is 4.39. The number of aryl methyl sites for hydroxylation is 1. The summed E-state index contributed by atoms with van der Waals surface area (Å²) in [5.41, 5.74) is 1.11. The molecule has 2 bridgehead atoms. The van der Waals surface area contributed by atoms with E-state index in [-0.39, 0.29) is 17.0 Å². The quantitative estimate of drug-likeness (QED) is 0.838. The lowest BCUT2D eigenvalue weighted by Crippen LogP contribution is -2.46. The van der Waals surface area contributed by atoms with Crippen molar-refractivity contribution in [1.82, 2.24) is 25.4 Å². The van der Waals surface area contributed by atoms with Gasteiger partial charge in [-0.05, 0) is 37.9 Å². The van der Waals surface area contributed by atoms with Gasteiger partial charge in [0.2, 0.25) is 0 Å². The van der Waals surface area contributed by atoms with Crippen LogP contribution in [0.3, 0.4) is 0 Å². The van der Waals surface area contributed by atoms with Crippen molar-refractivity contribution in [2.24, 2.45) is 5.92 Å². The maximum Gasteiger partial charge on any atom is 0.263 e. The summed E-state index contributed by atoms with van der Waals surface area (Å²) in [5.74, 6) is 0.538. The van der Waals surface area contributed by atoms with Crippen molar-refractivity contribution in [3.8, 4) is 0 Å². The highest BCUT2D eigenvalue weighted by molar-refractivity contribution is 7.11. The third-order valence-corrected chi connectivity index (χ3v) is 5.84. The summed E-state index contributed by atoms with van der Waals surface area (Å²) in [6, 6.07) is 3.62. The Morgan fingerprint density at radius 3 is 3.08 bits per heavy atom. The number of carbonyl (C=O) groups excluding carboxylic acids is 1. The third kappa shape index (κ3) is 3.23. The molecule has 1 saturated heterocycles. The Morgan fingerprint density at radius 1 is 1.40 bits per heavy atom. The predicted octanol–water partition coefficient (Wildman–Crippen LogP) is 0.687. The zero-order chi connectivity index (χ0) is 17.4. The van der Waals surface area contributed by atoms with E-state index in [4.69, 9.17) is 0 Å². The maximum atomic E-state index is 12.8. The fourth-order valence-electron chi connectivity index (χ4n) is 3.78. The van der Waals surface area contributed by atoms with Gasteiger partial charge >= 0.3 is 0 Å². The second kappa shape index (κ2) is 6.68. The second-order valence-corrected chi connectivity index (χ2v) is 8.03. The molecule has 0 aromatic carbocycles. The number of pyridine rings is 1. The molecule has 25 heavy (non-hydrogen) atoms. The first-order valence-electron chi connectivity index (χ1n) is 8.63. The topological polar surface area (TPSA) is 88.9 Å². The van der Waals surface area contributed by atoms with E-state index in [0.717, 1.165) is 35.2 Å². The lowest BCUT2D eigenvalue weighted by atomic mass is 9.84. The molecule has 0 unspecified atom stereocenters. The van der Waals surface area contributed by atoms with E-state index in [0.29, 0.717) is 31.3 Å². The Hall–Kier alpha value is -2.06. The van der Waals surface area contributed by atoms with E-state index in [1.54, 1.807) is 6.07 Å². The minimum Gasteiger partial charge on any atom is -0.351 e. The molecule has 0 saturated carbocycles. The Bertz CT molecular complexity index is 859. The van der Waals surface area contributed by atoms with Crippen LogP contribution in [-0.4, -0.2) is 40.3 Å². The molecule has 4 rings (SSSR count). The molecular formula is C17H21N5O2S. The van der Waals surface area contributed by atoms with Crippen LogP contribution in [0.15, 0.2) is 16.9 Å². The monoisotopic (exact) mass is 359 g/mol. The van der Waals surface area contributed by atoms with Gasteiger partial charge in [0.25, 0.3) is 11.5 Å². The molecule has 0 radical (unpaired) electrons. The Morgan fingerprint density at radius 2 is 2.28 bits per heavy atom. The van der Waals surface area contributed by atoms with Crippen LogP contribution in [0.5, 0.6) is 0 Å². The molecule has 132 valence electrons. The molecule has 8 heteroatoms. The van der Waals surface area contributed by atoms with Crippen molar-refractivity contribution in [1.29, 1.82) is 0 Å². The molecule has 2 aromatic heterocycles. The molecule has 2 N–H and O–H groups in total. The van der Waals surface area contributed by atoms with Gasteiger partial charge in [0, 0.05) is 37.7 Å². The molecule has 2 aliphatic rings. The van der Waals surface area contributed by atoms with Crippen LogP contribution in [-0.2, 0) is 13.0 Å². The van der Waals surface area contributed by atoms with Crippen molar-refractivity contribution in [3.05, 3.63) is 43.8 Å². The second-order valence-electron chi connectivity index (χ2n) is 6.77. The van der Waals surface area contributed by atoms with Gasteiger partial charge < -0.3 is 15.2 Å². The third-order valence-electron chi connectivity index (χ3n) is 4.95. The highest BCUT2D eigenvalue weighted by Gasteiger charge is 2.31. The minimum atomic E-state index is -0.310. The number of aromatic nitrogens is 3. The van der Waals surface area contributed by atoms with E-state index in [9.17, 15) is 9.59 Å². The number of fused-ring (bicyclic) bond motifs is 4. The highest BCUT2D eigenvalue weighted by Crippen LogP contribution is 2.31. The highest BCUT2D eigenvalue weighted by atomic mass is 32.1. The van der Waals surface area contributed by atoms with Crippen molar-refractivity contribution < 1.29 is 4.79 Å². The van der Waals surface area contributed by atoms with Crippen molar-refractivity contribution >= 4 is 17.2 Å². The molecule has 4 heterocycles. The summed E-state index contributed by atoms with van der Waals surface area (Å²) >= 11 is 1.52. The number of nitrogens with one attached hydrogen (secondary N) is 2. The largest absolute Gasteiger partial charge is 0.351 e. The molecular weight excluding hydrogens is 338 g/mol. The average Bonchev–Trinajstić information content (AvgIpc) is 3.01. The van der Waals surface area contributed by atoms with Gasteiger partial charge in [-0.25, -0.2) is 0 Å². The van der Waals surface area contributed by atoms with Gasteiger partial charge in [0.1, 0.15) is 15.6 Å². The first-order valence-corrected chi connectivity index (χ1v) is 9.45. The van der Waals surface area contributed by atoms with Gasteiger partial charge in [-0.2, -0.15) is 0 Å². The zero-order valence-electron chi connectivity index (χ0n) is 14.1. The minimum absolute atomic E-state index is 0.168. The van der Waals surface area contributed by atoms with Gasteiger partial charge in [-0.15, -0.1) is 21.5 Å². The lowest BCUT2D eigenvalue weighted by molar-refractivity contribution is 0.0951. The van der Waals surface area contributed by atoms with Crippen molar-refractivity contribution in [2.45, 2.75) is 32.2 Å². The molecule has 0 aliphatic carbocycles. The van der Waals surface area contributed by atoms with Crippen molar-refractivity contribution in [3.63, 3.8) is 0 Å². The van der Waals surface area contributed by atoms with E-state index < -0.39 is 0 Å². The molecule has 1 fully saturated rings. The zero-order valence-corrected chi connectivity index (χ0v) is 14.9. The van der Waals surface area contributed by atoms with E-state index in [1.165, 1.54) is 11.3 Å². The standard InChI is InChI=1S/C17H21N5O2S/c1-10-20-21-15(25-10)4-5-19-16(23)13-2-3-14-12-6-11(7-18-8-12)9-22(14)17(13)24/h2-3,11-12,18H,4-9H2,1H3,(H,19,23)/t11-,12+/m0/s1. The summed E-state index contributed by atoms with van der Waals surface area (Å²) in [4.78, 5) is 25.2. The normalized spacial score (nSPS) is 21.6. The summed E-state index contributed by atoms with van der Waals surface area (Å²) < 4.78 is 1.81. The Balaban J connectivity index is 1.48. The molecule has 2 aliphatic heterocycles. The van der Waals surface area contributed by atoms with Crippen LogP contribution in [0.25, 0.3) is 0 Å². The van der Waals surface area contributed by atoms with E-state index >= 15 is 0 Å². The van der Waals surface area contributed by atoms with Crippen LogP contribution in [0.2, 0.25) is 0 Å². The molecule has 0 spiro atoms. The number of hydrogen-bond donors (Lipinski definition) is 2. The molecule has 2 aromatic rings. The van der Waals surface area contributed by atoms with Gasteiger partial charge in [0.15, 0.2) is 0 Å². The first-order chi connectivity index (χ1) is 12.1. The number of nitrogens with zero attached hydrogens (tertiary/aromatic N) is 3. The summed E-state index contributed by atoms with van der Waals surface area (Å²) in [5, 5.41) is 16.1. The fraction of sp³-hybridized carbons (Fsp3) is 0.529. The van der Waals surface area contributed by atoms with Crippen LogP contribution >= 0.6 is 11.3 Å². The van der Waals surface area contributed by atoms with Crippen LogP contribution in [0.4, 0.5) is 0 Å². The molecule has 1 amide bonds. The molecule has 2 atom stereocenters. The fourth-order valence-corrected chi connectivity index (χ4v) is 4.49. The van der Waals surface area contributed by atoms with E-state index in [2.05, 4.69) is 20.8 Å². The number of amides is 1. The number of hydrogen-bond acceptors (Lipinski definition) is 6. The van der Waals surface area contributed by atoms with Gasteiger partial charge in [-0.1, -0.05) is 0 Å². The van der Waals surface area contributed by atoms with E-state index in [1.807, 2.05) is 17.6 Å². The average molecular weight is 359 g/mol. The van der Waals surface area contributed by atoms with Crippen LogP contribution in [0, 0.1) is 12.8 Å². The Labute approximate surface area is 149 Å². The lowest BCUT2D eigenvalue weighted by Gasteiger charge is -2.37. The first kappa shape index (κ1) is 16.4.